The van der Waals surface area contributed by atoms with E-state index in [-0.39, 0.29) is 30.2 Å². The summed E-state index contributed by atoms with van der Waals surface area (Å²) in [7, 11) is -3.75. The fourth-order valence-electron chi connectivity index (χ4n) is 3.46. The Balaban J connectivity index is 1.35. The first-order valence-electron chi connectivity index (χ1n) is 10.1. The summed E-state index contributed by atoms with van der Waals surface area (Å²) in [6, 6.07) is 5.94. The van der Waals surface area contributed by atoms with Gasteiger partial charge in [-0.05, 0) is 43.5 Å². The molecule has 0 N–H and O–H groups in total. The summed E-state index contributed by atoms with van der Waals surface area (Å²) >= 11 is 1.31. The number of aromatic nitrogens is 3. The summed E-state index contributed by atoms with van der Waals surface area (Å²) in [6.07, 6.45) is 1.31. The van der Waals surface area contributed by atoms with Gasteiger partial charge in [0, 0.05) is 19.2 Å². The fourth-order valence-corrected chi connectivity index (χ4v) is 5.79. The van der Waals surface area contributed by atoms with Gasteiger partial charge in [0.2, 0.25) is 15.0 Å². The fraction of sp³-hybridized carbons (Fsp3) is 0.400. The highest BCUT2D eigenvalue weighted by molar-refractivity contribution is 7.89. The van der Waals surface area contributed by atoms with Crippen molar-refractivity contribution in [1.82, 2.24) is 18.9 Å². The number of nitrogens with zero attached hydrogens (tertiary/aromatic N) is 4. The Morgan fingerprint density at radius 2 is 1.94 bits per heavy atom. The monoisotopic (exact) mass is 480 g/mol. The Labute approximate surface area is 187 Å². The van der Waals surface area contributed by atoms with Crippen molar-refractivity contribution in [1.29, 1.82) is 0 Å². The smallest absolute Gasteiger partial charge is 0.309 e. The number of fused-ring (bicyclic) bond motifs is 1. The zero-order valence-corrected chi connectivity index (χ0v) is 18.9. The van der Waals surface area contributed by atoms with Gasteiger partial charge in [-0.2, -0.15) is 13.9 Å². The largest absolute Gasteiger partial charge is 0.459 e. The molecule has 0 amide bonds. The molecule has 4 rings (SSSR count). The van der Waals surface area contributed by atoms with E-state index in [2.05, 4.69) is 10.1 Å². The highest BCUT2D eigenvalue weighted by Gasteiger charge is 2.32. The van der Waals surface area contributed by atoms with Gasteiger partial charge in [0.15, 0.2) is 0 Å². The number of ether oxygens (including phenoxy) is 1. The first-order chi connectivity index (χ1) is 15.3. The Morgan fingerprint density at radius 1 is 1.25 bits per heavy atom. The molecule has 0 saturated carbocycles. The SMILES string of the molecule is CCc1nn2c(=O)cc(COC(=O)C3CCN(S(=O)(=O)c4ccc(F)cc4)CC3)nc2s1. The molecule has 12 heteroatoms. The average Bonchev–Trinajstić information content (AvgIpc) is 3.22. The Morgan fingerprint density at radius 3 is 2.59 bits per heavy atom. The molecule has 0 aliphatic carbocycles. The van der Waals surface area contributed by atoms with E-state index in [1.807, 2.05) is 6.92 Å². The second-order valence-corrected chi connectivity index (χ2v) is 10.3. The summed E-state index contributed by atoms with van der Waals surface area (Å²) in [5.74, 6) is -1.41. The van der Waals surface area contributed by atoms with E-state index in [1.165, 1.54) is 38.4 Å². The summed E-state index contributed by atoms with van der Waals surface area (Å²) in [5, 5.41) is 4.96. The lowest BCUT2D eigenvalue weighted by Crippen LogP contribution is -2.40. The van der Waals surface area contributed by atoms with Crippen LogP contribution in [0.2, 0.25) is 0 Å². The molecular weight excluding hydrogens is 459 g/mol. The second kappa shape index (κ2) is 9.04. The number of hydrogen-bond donors (Lipinski definition) is 0. The zero-order valence-electron chi connectivity index (χ0n) is 17.2. The van der Waals surface area contributed by atoms with Crippen molar-refractivity contribution in [2.45, 2.75) is 37.7 Å². The summed E-state index contributed by atoms with van der Waals surface area (Å²) < 4.78 is 46.3. The van der Waals surface area contributed by atoms with Gasteiger partial charge in [-0.25, -0.2) is 17.8 Å². The van der Waals surface area contributed by atoms with E-state index in [4.69, 9.17) is 4.74 Å². The molecule has 2 aromatic heterocycles. The Hall–Kier alpha value is -2.70. The number of carbonyl (C=O) groups is 1. The van der Waals surface area contributed by atoms with Gasteiger partial charge in [-0.3, -0.25) is 9.59 Å². The van der Waals surface area contributed by atoms with Crippen LogP contribution in [-0.4, -0.2) is 46.4 Å². The molecule has 0 spiro atoms. The predicted octanol–water partition coefficient (Wildman–Crippen LogP) is 2.00. The van der Waals surface area contributed by atoms with Gasteiger partial charge in [-0.1, -0.05) is 18.3 Å². The minimum Gasteiger partial charge on any atom is -0.459 e. The second-order valence-electron chi connectivity index (χ2n) is 7.37. The van der Waals surface area contributed by atoms with Crippen LogP contribution in [-0.2, 0) is 32.6 Å². The van der Waals surface area contributed by atoms with E-state index < -0.39 is 27.7 Å². The van der Waals surface area contributed by atoms with Gasteiger partial charge in [-0.15, -0.1) is 0 Å². The van der Waals surface area contributed by atoms with Crippen LogP contribution in [0.1, 0.15) is 30.5 Å². The van der Waals surface area contributed by atoms with E-state index in [0.717, 1.165) is 17.1 Å². The minimum atomic E-state index is -3.75. The number of sulfonamides is 1. The standard InChI is InChI=1S/C20H21FN4O5S2/c1-2-17-23-25-18(26)11-15(22-20(25)31-17)12-30-19(27)13-7-9-24(10-8-13)32(28,29)16-5-3-14(21)4-6-16/h3-6,11,13H,2,7-10,12H2,1H3. The third kappa shape index (κ3) is 4.57. The van der Waals surface area contributed by atoms with Crippen LogP contribution in [0.25, 0.3) is 4.96 Å². The third-order valence-corrected chi connectivity index (χ3v) is 8.21. The van der Waals surface area contributed by atoms with E-state index >= 15 is 0 Å². The molecular formula is C20H21FN4O5S2. The van der Waals surface area contributed by atoms with Crippen molar-refractivity contribution in [3.05, 3.63) is 57.2 Å². The summed E-state index contributed by atoms with van der Waals surface area (Å²) in [6.45, 7) is 2.11. The number of aryl methyl sites for hydroxylation is 1. The third-order valence-electron chi connectivity index (χ3n) is 5.24. The van der Waals surface area contributed by atoms with Gasteiger partial charge in [0.05, 0.1) is 16.5 Å². The van der Waals surface area contributed by atoms with Crippen LogP contribution in [0.4, 0.5) is 4.39 Å². The van der Waals surface area contributed by atoms with Crippen LogP contribution in [0.5, 0.6) is 0 Å². The number of esters is 1. The Bertz CT molecular complexity index is 1300. The maximum absolute atomic E-state index is 13.1. The summed E-state index contributed by atoms with van der Waals surface area (Å²) in [4.78, 5) is 29.5. The first kappa shape index (κ1) is 22.5. The van der Waals surface area contributed by atoms with Gasteiger partial charge >= 0.3 is 5.97 Å². The maximum Gasteiger partial charge on any atom is 0.309 e. The number of carbonyl (C=O) groups excluding carboxylic acids is 1. The molecule has 1 fully saturated rings. The van der Waals surface area contributed by atoms with Crippen molar-refractivity contribution in [2.75, 3.05) is 13.1 Å². The number of benzene rings is 1. The molecule has 9 nitrogen and oxygen atoms in total. The normalized spacial score (nSPS) is 15.8. The topological polar surface area (TPSA) is 111 Å². The molecule has 170 valence electrons. The lowest BCUT2D eigenvalue weighted by Gasteiger charge is -2.30. The molecule has 1 aliphatic rings. The van der Waals surface area contributed by atoms with Gasteiger partial charge in [0.1, 0.15) is 17.4 Å². The quantitative estimate of drug-likeness (QED) is 0.496. The van der Waals surface area contributed by atoms with E-state index in [9.17, 15) is 22.4 Å². The number of halogens is 1. The lowest BCUT2D eigenvalue weighted by atomic mass is 9.98. The van der Waals surface area contributed by atoms with Crippen molar-refractivity contribution in [3.63, 3.8) is 0 Å². The molecule has 0 atom stereocenters. The van der Waals surface area contributed by atoms with Crippen molar-refractivity contribution in [2.24, 2.45) is 5.92 Å². The van der Waals surface area contributed by atoms with Crippen molar-refractivity contribution < 1.29 is 22.3 Å². The van der Waals surface area contributed by atoms with Crippen LogP contribution in [0, 0.1) is 11.7 Å². The highest BCUT2D eigenvalue weighted by Crippen LogP contribution is 2.25. The molecule has 1 saturated heterocycles. The average molecular weight is 481 g/mol. The van der Waals surface area contributed by atoms with Crippen LogP contribution < -0.4 is 5.56 Å². The molecule has 1 aliphatic heterocycles. The van der Waals surface area contributed by atoms with Crippen molar-refractivity contribution in [3.8, 4) is 0 Å². The van der Waals surface area contributed by atoms with Crippen LogP contribution in [0.3, 0.4) is 0 Å². The molecule has 0 radical (unpaired) electrons. The maximum atomic E-state index is 13.1. The zero-order chi connectivity index (χ0) is 22.9. The van der Waals surface area contributed by atoms with Crippen LogP contribution in [0.15, 0.2) is 40.0 Å². The van der Waals surface area contributed by atoms with Gasteiger partial charge in [0.25, 0.3) is 5.56 Å². The van der Waals surface area contributed by atoms with Crippen LogP contribution >= 0.6 is 11.3 Å². The number of rotatable bonds is 6. The molecule has 0 unspecified atom stereocenters. The molecule has 0 bridgehead atoms. The minimum absolute atomic E-state index is 0.0157. The first-order valence-corrected chi connectivity index (χ1v) is 12.3. The molecule has 1 aromatic carbocycles. The highest BCUT2D eigenvalue weighted by atomic mass is 32.2. The van der Waals surface area contributed by atoms with Crippen molar-refractivity contribution >= 4 is 32.3 Å². The number of piperidine rings is 1. The summed E-state index contributed by atoms with van der Waals surface area (Å²) in [5.41, 5.74) is 0.00211. The van der Waals surface area contributed by atoms with E-state index in [0.29, 0.717) is 29.9 Å². The molecule has 3 heterocycles. The molecule has 3 aromatic rings. The number of hydrogen-bond acceptors (Lipinski definition) is 8. The van der Waals surface area contributed by atoms with E-state index in [1.54, 1.807) is 0 Å². The Kier molecular flexibility index (Phi) is 6.35. The predicted molar refractivity (Wildman–Crippen MR) is 114 cm³/mol. The molecule has 32 heavy (non-hydrogen) atoms. The lowest BCUT2D eigenvalue weighted by molar-refractivity contribution is -0.151. The van der Waals surface area contributed by atoms with Gasteiger partial charge < -0.3 is 4.74 Å².